The van der Waals surface area contributed by atoms with Crippen molar-refractivity contribution in [2.45, 2.75) is 25.8 Å². The first kappa shape index (κ1) is 19.6. The average Bonchev–Trinajstić information content (AvgIpc) is 3.18. The van der Waals surface area contributed by atoms with Crippen molar-refractivity contribution < 1.29 is 13.7 Å². The van der Waals surface area contributed by atoms with Crippen molar-refractivity contribution in [2.24, 2.45) is 5.92 Å². The fourth-order valence-electron chi connectivity index (χ4n) is 4.49. The molecule has 0 N–H and O–H groups in total. The number of fused-ring (bicyclic) bond motifs is 3. The first-order valence-electron chi connectivity index (χ1n) is 10.9. The summed E-state index contributed by atoms with van der Waals surface area (Å²) in [6, 6.07) is 4.45. The van der Waals surface area contributed by atoms with E-state index in [1.54, 1.807) is 21.4 Å². The number of morpholine rings is 1. The van der Waals surface area contributed by atoms with Gasteiger partial charge in [0, 0.05) is 32.1 Å². The fraction of sp³-hybridized carbons (Fsp3) is 0.455. The van der Waals surface area contributed by atoms with Crippen LogP contribution in [0.5, 0.6) is 0 Å². The SMILES string of the molecule is CC1CC1c1nc(-c2ncn3c2c(=O)n(CCN2CCOCC2)c2cc(F)ccc23)no1. The third-order valence-electron chi connectivity index (χ3n) is 6.53. The lowest BCUT2D eigenvalue weighted by atomic mass is 10.2. The van der Waals surface area contributed by atoms with Crippen LogP contribution >= 0.6 is 0 Å². The maximum atomic E-state index is 14.1. The predicted molar refractivity (Wildman–Crippen MR) is 114 cm³/mol. The van der Waals surface area contributed by atoms with E-state index in [0.29, 0.717) is 66.2 Å². The third kappa shape index (κ3) is 3.21. The van der Waals surface area contributed by atoms with Crippen LogP contribution in [0.25, 0.3) is 28.1 Å². The normalized spacial score (nSPS) is 21.6. The number of nitrogens with zero attached hydrogens (tertiary/aromatic N) is 6. The Morgan fingerprint density at radius 1 is 1.19 bits per heavy atom. The highest BCUT2D eigenvalue weighted by Crippen LogP contribution is 2.46. The molecule has 0 amide bonds. The second-order valence-corrected chi connectivity index (χ2v) is 8.63. The largest absolute Gasteiger partial charge is 0.379 e. The molecule has 32 heavy (non-hydrogen) atoms. The van der Waals surface area contributed by atoms with Gasteiger partial charge >= 0.3 is 0 Å². The highest BCUT2D eigenvalue weighted by atomic mass is 19.1. The van der Waals surface area contributed by atoms with Crippen LogP contribution in [0.15, 0.2) is 33.8 Å². The van der Waals surface area contributed by atoms with Gasteiger partial charge in [-0.2, -0.15) is 4.98 Å². The van der Waals surface area contributed by atoms with E-state index in [0.717, 1.165) is 19.5 Å². The van der Waals surface area contributed by atoms with Crippen LogP contribution in [-0.2, 0) is 11.3 Å². The molecule has 1 saturated carbocycles. The van der Waals surface area contributed by atoms with Crippen molar-refractivity contribution in [1.29, 1.82) is 0 Å². The molecule has 1 aromatic carbocycles. The number of imidazole rings is 1. The van der Waals surface area contributed by atoms with E-state index in [9.17, 15) is 9.18 Å². The van der Waals surface area contributed by atoms with E-state index in [1.165, 1.54) is 12.1 Å². The molecule has 4 aromatic rings. The number of ether oxygens (including phenoxy) is 1. The Bertz CT molecular complexity index is 1370. The monoisotopic (exact) mass is 438 g/mol. The molecule has 1 saturated heterocycles. The molecule has 2 atom stereocenters. The maximum absolute atomic E-state index is 14.1. The molecule has 6 rings (SSSR count). The predicted octanol–water partition coefficient (Wildman–Crippen LogP) is 2.29. The van der Waals surface area contributed by atoms with E-state index in [4.69, 9.17) is 9.26 Å². The van der Waals surface area contributed by atoms with E-state index in [-0.39, 0.29) is 11.5 Å². The number of hydrogen-bond donors (Lipinski definition) is 0. The molecule has 10 heteroatoms. The van der Waals surface area contributed by atoms with Crippen molar-refractivity contribution in [3.8, 4) is 11.5 Å². The zero-order valence-electron chi connectivity index (χ0n) is 17.7. The van der Waals surface area contributed by atoms with Gasteiger partial charge in [-0.15, -0.1) is 0 Å². The van der Waals surface area contributed by atoms with Gasteiger partial charge in [0.2, 0.25) is 11.7 Å². The number of benzene rings is 1. The summed E-state index contributed by atoms with van der Waals surface area (Å²) in [5.74, 6) is 1.31. The third-order valence-corrected chi connectivity index (χ3v) is 6.53. The molecule has 1 aliphatic heterocycles. The van der Waals surface area contributed by atoms with Crippen molar-refractivity contribution in [1.82, 2.24) is 29.0 Å². The Hall–Kier alpha value is -3.11. The van der Waals surface area contributed by atoms with Crippen molar-refractivity contribution in [3.05, 3.63) is 46.6 Å². The summed E-state index contributed by atoms with van der Waals surface area (Å²) >= 11 is 0. The summed E-state index contributed by atoms with van der Waals surface area (Å²) in [7, 11) is 0. The zero-order chi connectivity index (χ0) is 21.8. The molecule has 9 nitrogen and oxygen atoms in total. The van der Waals surface area contributed by atoms with Crippen LogP contribution in [0.2, 0.25) is 0 Å². The standard InChI is InChI=1S/C22H23FN6O3/c1-13-10-15(13)21-25-20(26-32-21)18-19-22(30)28(5-4-27-6-8-31-9-7-27)17-11-14(23)2-3-16(17)29(19)12-24-18/h2-3,11-13,15H,4-10H2,1H3. The van der Waals surface area contributed by atoms with Crippen LogP contribution in [0.3, 0.4) is 0 Å². The Morgan fingerprint density at radius 2 is 2.00 bits per heavy atom. The zero-order valence-corrected chi connectivity index (χ0v) is 17.7. The molecular weight excluding hydrogens is 415 g/mol. The highest BCUT2D eigenvalue weighted by molar-refractivity contribution is 5.83. The minimum Gasteiger partial charge on any atom is -0.379 e. The van der Waals surface area contributed by atoms with Gasteiger partial charge in [-0.05, 0) is 30.5 Å². The molecule has 2 unspecified atom stereocenters. The van der Waals surface area contributed by atoms with Gasteiger partial charge in [0.15, 0.2) is 0 Å². The number of hydrogen-bond acceptors (Lipinski definition) is 7. The van der Waals surface area contributed by atoms with Gasteiger partial charge in [-0.25, -0.2) is 9.37 Å². The van der Waals surface area contributed by atoms with Crippen molar-refractivity contribution >= 4 is 16.6 Å². The highest BCUT2D eigenvalue weighted by Gasteiger charge is 2.39. The Morgan fingerprint density at radius 3 is 2.78 bits per heavy atom. The molecule has 0 spiro atoms. The molecule has 4 heterocycles. The lowest BCUT2D eigenvalue weighted by Gasteiger charge is -2.27. The molecule has 2 aliphatic rings. The number of halogens is 1. The topological polar surface area (TPSA) is 90.7 Å². The summed E-state index contributed by atoms with van der Waals surface area (Å²) in [5.41, 5.74) is 1.71. The minimum atomic E-state index is -0.391. The molecule has 1 aliphatic carbocycles. The molecule has 166 valence electrons. The molecule has 2 fully saturated rings. The Balaban J connectivity index is 1.48. The second kappa shape index (κ2) is 7.49. The van der Waals surface area contributed by atoms with E-state index in [2.05, 4.69) is 26.9 Å². The fourth-order valence-corrected chi connectivity index (χ4v) is 4.49. The quantitative estimate of drug-likeness (QED) is 0.472. The first-order valence-corrected chi connectivity index (χ1v) is 10.9. The van der Waals surface area contributed by atoms with Gasteiger partial charge in [0.25, 0.3) is 5.56 Å². The van der Waals surface area contributed by atoms with Crippen LogP contribution in [-0.4, -0.2) is 61.8 Å². The van der Waals surface area contributed by atoms with Gasteiger partial charge in [-0.1, -0.05) is 12.1 Å². The van der Waals surface area contributed by atoms with Gasteiger partial charge in [-0.3, -0.25) is 14.1 Å². The van der Waals surface area contributed by atoms with E-state index in [1.807, 2.05) is 0 Å². The summed E-state index contributed by atoms with van der Waals surface area (Å²) in [5, 5.41) is 4.10. The van der Waals surface area contributed by atoms with Gasteiger partial charge < -0.3 is 13.8 Å². The summed E-state index contributed by atoms with van der Waals surface area (Å²) in [4.78, 5) is 24.8. The van der Waals surface area contributed by atoms with E-state index < -0.39 is 5.82 Å². The van der Waals surface area contributed by atoms with Crippen LogP contribution in [0.1, 0.15) is 25.2 Å². The van der Waals surface area contributed by atoms with Crippen LogP contribution < -0.4 is 5.56 Å². The van der Waals surface area contributed by atoms with Gasteiger partial charge in [0.1, 0.15) is 23.4 Å². The smallest absolute Gasteiger partial charge is 0.277 e. The summed E-state index contributed by atoms with van der Waals surface area (Å²) in [6.45, 7) is 6.21. The minimum absolute atomic E-state index is 0.255. The lowest BCUT2D eigenvalue weighted by Crippen LogP contribution is -2.39. The molecular formula is C22H23FN6O3. The first-order chi connectivity index (χ1) is 15.6. The summed E-state index contributed by atoms with van der Waals surface area (Å²) in [6.07, 6.45) is 2.59. The second-order valence-electron chi connectivity index (χ2n) is 8.63. The molecule has 0 radical (unpaired) electrons. The van der Waals surface area contributed by atoms with Crippen LogP contribution in [0, 0.1) is 11.7 Å². The van der Waals surface area contributed by atoms with Crippen molar-refractivity contribution in [3.63, 3.8) is 0 Å². The maximum Gasteiger partial charge on any atom is 0.277 e. The average molecular weight is 438 g/mol. The molecule has 0 bridgehead atoms. The van der Waals surface area contributed by atoms with Gasteiger partial charge in [0.05, 0.1) is 24.2 Å². The van der Waals surface area contributed by atoms with Crippen LogP contribution in [0.4, 0.5) is 4.39 Å². The Labute approximate surface area is 182 Å². The number of rotatable bonds is 5. The molecule has 3 aromatic heterocycles. The Kier molecular flexibility index (Phi) is 4.58. The summed E-state index contributed by atoms with van der Waals surface area (Å²) < 4.78 is 28.3. The lowest BCUT2D eigenvalue weighted by molar-refractivity contribution is 0.0364. The number of aromatic nitrogens is 5. The van der Waals surface area contributed by atoms with Crippen molar-refractivity contribution in [2.75, 3.05) is 32.8 Å². The van der Waals surface area contributed by atoms with E-state index >= 15 is 0 Å².